The van der Waals surface area contributed by atoms with Gasteiger partial charge in [0.25, 0.3) is 5.91 Å². The molecule has 5 nitrogen and oxygen atoms in total. The third-order valence-corrected chi connectivity index (χ3v) is 8.16. The van der Waals surface area contributed by atoms with Gasteiger partial charge in [0, 0.05) is 20.3 Å². The number of aromatic nitrogens is 1. The van der Waals surface area contributed by atoms with Crippen molar-refractivity contribution in [1.29, 1.82) is 0 Å². The highest BCUT2D eigenvalue weighted by atomic mass is 79.9. The number of benzene rings is 2. The Morgan fingerprint density at radius 2 is 1.81 bits per heavy atom. The van der Waals surface area contributed by atoms with Crippen molar-refractivity contribution in [3.8, 4) is 11.3 Å². The number of nitrogens with one attached hydrogen (secondary N) is 1. The summed E-state index contributed by atoms with van der Waals surface area (Å²) in [6, 6.07) is 17.4. The number of nitrogens with zero attached hydrogens (tertiary/aromatic N) is 1. The summed E-state index contributed by atoms with van der Waals surface area (Å²) >= 11 is 5.04. The molecule has 0 atom stereocenters. The summed E-state index contributed by atoms with van der Waals surface area (Å²) in [6.45, 7) is 2.10. The van der Waals surface area contributed by atoms with Crippen molar-refractivity contribution in [3.63, 3.8) is 0 Å². The number of anilines is 1. The molecule has 36 heavy (non-hydrogen) atoms. The average Bonchev–Trinajstić information content (AvgIpc) is 3.19. The number of esters is 1. The van der Waals surface area contributed by atoms with Crippen LogP contribution in [0.25, 0.3) is 22.2 Å². The summed E-state index contributed by atoms with van der Waals surface area (Å²) < 4.78 is 6.28. The molecule has 1 amide bonds. The lowest BCUT2D eigenvalue weighted by Gasteiger charge is -2.12. The number of hydrogen-bond donors (Lipinski definition) is 1. The van der Waals surface area contributed by atoms with Crippen LogP contribution in [0, 0.1) is 0 Å². The first kappa shape index (κ1) is 24.7. The normalized spacial score (nSPS) is 13.5. The molecule has 184 valence electrons. The third-order valence-electron chi connectivity index (χ3n) is 6.46. The summed E-state index contributed by atoms with van der Waals surface area (Å²) in [5.74, 6) is -0.629. The number of hydrogen-bond acceptors (Lipinski definition) is 5. The second kappa shape index (κ2) is 10.9. The van der Waals surface area contributed by atoms with E-state index in [-0.39, 0.29) is 11.9 Å². The maximum absolute atomic E-state index is 13.8. The highest BCUT2D eigenvalue weighted by Gasteiger charge is 2.27. The molecular formula is C29H27BrN2O3S. The Bertz CT molecular complexity index is 1430. The van der Waals surface area contributed by atoms with Crippen LogP contribution in [-0.4, -0.2) is 23.5 Å². The first-order valence-corrected chi connectivity index (χ1v) is 13.9. The minimum Gasteiger partial charge on any atom is -0.462 e. The van der Waals surface area contributed by atoms with Crippen LogP contribution in [0.5, 0.6) is 0 Å². The number of amides is 1. The monoisotopic (exact) mass is 562 g/mol. The molecule has 2 aromatic carbocycles. The van der Waals surface area contributed by atoms with Crippen LogP contribution in [0.1, 0.15) is 63.8 Å². The standard InChI is InChI=1S/C29H27BrN2O3S/c1-2-35-29(34)26-20-12-8-3-4-9-13-25(20)36-28(26)32-27(33)22-17-24(18-10-6-5-7-11-18)31-23-15-14-19(30)16-21(22)23/h5-7,10-11,14-17H,2-4,8-9,12-13H2,1H3,(H,32,33). The Morgan fingerprint density at radius 1 is 1.03 bits per heavy atom. The van der Waals surface area contributed by atoms with Crippen LogP contribution in [0.15, 0.2) is 59.1 Å². The number of carbonyl (C=O) groups is 2. The highest BCUT2D eigenvalue weighted by molar-refractivity contribution is 9.10. The van der Waals surface area contributed by atoms with Gasteiger partial charge in [-0.2, -0.15) is 0 Å². The Morgan fingerprint density at radius 3 is 2.58 bits per heavy atom. The maximum atomic E-state index is 13.8. The van der Waals surface area contributed by atoms with E-state index in [1.165, 1.54) is 22.6 Å². The van der Waals surface area contributed by atoms with Gasteiger partial charge in [-0.3, -0.25) is 4.79 Å². The van der Waals surface area contributed by atoms with Gasteiger partial charge in [-0.25, -0.2) is 9.78 Å². The van der Waals surface area contributed by atoms with Gasteiger partial charge in [0.15, 0.2) is 0 Å². The SMILES string of the molecule is CCOC(=O)c1c(NC(=O)c2cc(-c3ccccc3)nc3ccc(Br)cc23)sc2c1CCCCCC2. The van der Waals surface area contributed by atoms with E-state index < -0.39 is 0 Å². The zero-order valence-corrected chi connectivity index (χ0v) is 22.5. The van der Waals surface area contributed by atoms with Crippen LogP contribution in [-0.2, 0) is 17.6 Å². The molecule has 0 unspecified atom stereocenters. The van der Waals surface area contributed by atoms with Crippen molar-refractivity contribution >= 4 is 55.0 Å². The van der Waals surface area contributed by atoms with E-state index in [1.54, 1.807) is 6.92 Å². The van der Waals surface area contributed by atoms with Gasteiger partial charge in [-0.05, 0) is 62.4 Å². The predicted octanol–water partition coefficient (Wildman–Crippen LogP) is 7.81. The number of ether oxygens (including phenoxy) is 1. The van der Waals surface area contributed by atoms with Gasteiger partial charge in [0.1, 0.15) is 5.00 Å². The summed E-state index contributed by atoms with van der Waals surface area (Å²) in [5.41, 5.74) is 4.46. The molecule has 0 bridgehead atoms. The van der Waals surface area contributed by atoms with E-state index in [2.05, 4.69) is 21.2 Å². The maximum Gasteiger partial charge on any atom is 0.341 e. The zero-order valence-electron chi connectivity index (χ0n) is 20.1. The minimum atomic E-state index is -0.363. The molecule has 2 heterocycles. The van der Waals surface area contributed by atoms with E-state index in [0.29, 0.717) is 22.7 Å². The zero-order chi connectivity index (χ0) is 25.1. The first-order chi connectivity index (χ1) is 17.5. The molecule has 5 rings (SSSR count). The topological polar surface area (TPSA) is 68.3 Å². The molecule has 1 aliphatic rings. The fraction of sp³-hybridized carbons (Fsp3) is 0.276. The van der Waals surface area contributed by atoms with Gasteiger partial charge in [0.2, 0.25) is 0 Å². The second-order valence-electron chi connectivity index (χ2n) is 8.88. The molecule has 1 N–H and O–H groups in total. The lowest BCUT2D eigenvalue weighted by molar-refractivity contribution is 0.0526. The second-order valence-corrected chi connectivity index (χ2v) is 10.9. The quantitative estimate of drug-likeness (QED) is 0.252. The van der Waals surface area contributed by atoms with E-state index in [9.17, 15) is 9.59 Å². The largest absolute Gasteiger partial charge is 0.462 e. The lowest BCUT2D eigenvalue weighted by atomic mass is 9.96. The fourth-order valence-corrected chi connectivity index (χ4v) is 6.37. The Labute approximate surface area is 223 Å². The van der Waals surface area contributed by atoms with Crippen LogP contribution >= 0.6 is 27.3 Å². The molecule has 4 aromatic rings. The Balaban J connectivity index is 1.59. The van der Waals surface area contributed by atoms with Crippen LogP contribution in [0.2, 0.25) is 0 Å². The van der Waals surface area contributed by atoms with E-state index >= 15 is 0 Å². The molecule has 0 fully saturated rings. The van der Waals surface area contributed by atoms with Crippen molar-refractivity contribution < 1.29 is 14.3 Å². The summed E-state index contributed by atoms with van der Waals surface area (Å²) in [5, 5.41) is 4.41. The Hall–Kier alpha value is -3.03. The van der Waals surface area contributed by atoms with Gasteiger partial charge >= 0.3 is 5.97 Å². The molecule has 0 radical (unpaired) electrons. The number of pyridine rings is 1. The van der Waals surface area contributed by atoms with Gasteiger partial charge in [-0.15, -0.1) is 11.3 Å². The molecule has 1 aliphatic carbocycles. The van der Waals surface area contributed by atoms with Crippen molar-refractivity contribution in [2.24, 2.45) is 0 Å². The minimum absolute atomic E-state index is 0.266. The van der Waals surface area contributed by atoms with Crippen LogP contribution in [0.4, 0.5) is 5.00 Å². The summed E-state index contributed by atoms with van der Waals surface area (Å²) in [6.07, 6.45) is 6.22. The van der Waals surface area contributed by atoms with Crippen molar-refractivity contribution in [3.05, 3.63) is 80.6 Å². The van der Waals surface area contributed by atoms with Gasteiger partial charge < -0.3 is 10.1 Å². The van der Waals surface area contributed by atoms with Gasteiger partial charge in [0.05, 0.1) is 28.9 Å². The predicted molar refractivity (Wildman–Crippen MR) is 149 cm³/mol. The molecule has 7 heteroatoms. The molecule has 0 saturated heterocycles. The van der Waals surface area contributed by atoms with E-state index in [0.717, 1.165) is 64.3 Å². The molecule has 0 aliphatic heterocycles. The number of fused-ring (bicyclic) bond motifs is 2. The van der Waals surface area contributed by atoms with Crippen LogP contribution in [0.3, 0.4) is 0 Å². The molecule has 0 saturated carbocycles. The van der Waals surface area contributed by atoms with Crippen molar-refractivity contribution in [2.75, 3.05) is 11.9 Å². The smallest absolute Gasteiger partial charge is 0.341 e. The third kappa shape index (κ3) is 5.08. The van der Waals surface area contributed by atoms with E-state index in [4.69, 9.17) is 9.72 Å². The van der Waals surface area contributed by atoms with Crippen molar-refractivity contribution in [2.45, 2.75) is 45.4 Å². The fourth-order valence-electron chi connectivity index (χ4n) is 4.74. The van der Waals surface area contributed by atoms with Crippen molar-refractivity contribution in [1.82, 2.24) is 4.98 Å². The number of aryl methyl sites for hydroxylation is 1. The number of thiophene rings is 1. The van der Waals surface area contributed by atoms with Crippen LogP contribution < -0.4 is 5.32 Å². The summed E-state index contributed by atoms with van der Waals surface area (Å²) in [7, 11) is 0. The average molecular weight is 564 g/mol. The first-order valence-electron chi connectivity index (χ1n) is 12.3. The molecular weight excluding hydrogens is 536 g/mol. The number of carbonyl (C=O) groups excluding carboxylic acids is 2. The molecule has 0 spiro atoms. The highest BCUT2D eigenvalue weighted by Crippen LogP contribution is 2.38. The van der Waals surface area contributed by atoms with Gasteiger partial charge in [-0.1, -0.05) is 59.1 Å². The summed E-state index contributed by atoms with van der Waals surface area (Å²) in [4.78, 5) is 32.8. The molecule has 2 aromatic heterocycles. The van der Waals surface area contributed by atoms with E-state index in [1.807, 2.05) is 54.6 Å². The Kier molecular flexibility index (Phi) is 7.48. The number of rotatable bonds is 5. The lowest BCUT2D eigenvalue weighted by Crippen LogP contribution is -2.16. The number of halogens is 1.